The number of halogens is 1. The molecule has 0 radical (unpaired) electrons. The maximum absolute atomic E-state index is 11.2. The summed E-state index contributed by atoms with van der Waals surface area (Å²) in [5, 5.41) is 8.61. The molecule has 0 aliphatic rings. The highest BCUT2D eigenvalue weighted by atomic mass is 35.5. The van der Waals surface area contributed by atoms with Crippen LogP contribution in [0.2, 0.25) is 0 Å². The Labute approximate surface area is 228 Å². The molecule has 6 heteroatoms. The second-order valence-electron chi connectivity index (χ2n) is 8.85. The summed E-state index contributed by atoms with van der Waals surface area (Å²) in [5.41, 5.74) is 6.48. The first kappa shape index (κ1) is 28.5. The summed E-state index contributed by atoms with van der Waals surface area (Å²) in [6, 6.07) is 26.6. The van der Waals surface area contributed by atoms with Gasteiger partial charge in [0.25, 0.3) is 5.24 Å². The molecule has 0 unspecified atom stereocenters. The number of carbonyl (C=O) groups excluding carboxylic acids is 1. The van der Waals surface area contributed by atoms with Crippen molar-refractivity contribution in [3.8, 4) is 11.5 Å². The van der Waals surface area contributed by atoms with Crippen molar-refractivity contribution in [3.05, 3.63) is 129 Å². The van der Waals surface area contributed by atoms with Crippen molar-refractivity contribution < 1.29 is 24.2 Å². The molecular weight excluding hydrogens is 500 g/mol. The number of rotatable bonds is 8. The Morgan fingerprint density at radius 2 is 1.00 bits per heavy atom. The molecule has 5 nitrogen and oxygen atoms in total. The monoisotopic (exact) mass is 530 g/mol. The van der Waals surface area contributed by atoms with Gasteiger partial charge in [-0.05, 0) is 96.9 Å². The number of aromatic carboxylic acids is 1. The molecule has 0 aliphatic carbocycles. The second-order valence-corrected chi connectivity index (χ2v) is 9.19. The third-order valence-corrected chi connectivity index (χ3v) is 6.60. The van der Waals surface area contributed by atoms with Gasteiger partial charge >= 0.3 is 5.97 Å². The second kappa shape index (κ2) is 13.5. The molecule has 0 bridgehead atoms. The first-order valence-corrected chi connectivity index (χ1v) is 12.5. The minimum Gasteiger partial charge on any atom is -0.489 e. The first-order chi connectivity index (χ1) is 18.2. The van der Waals surface area contributed by atoms with Gasteiger partial charge in [-0.15, -0.1) is 0 Å². The van der Waals surface area contributed by atoms with Crippen LogP contribution in [0.25, 0.3) is 0 Å². The molecule has 38 heavy (non-hydrogen) atoms. The zero-order valence-corrected chi connectivity index (χ0v) is 22.7. The van der Waals surface area contributed by atoms with Gasteiger partial charge in [0.1, 0.15) is 24.7 Å². The van der Waals surface area contributed by atoms with E-state index in [1.807, 2.05) is 81.4 Å². The van der Waals surface area contributed by atoms with E-state index in [1.165, 1.54) is 0 Å². The number of carboxylic acids is 1. The lowest BCUT2D eigenvalue weighted by Gasteiger charge is -2.13. The van der Waals surface area contributed by atoms with Crippen molar-refractivity contribution in [3.63, 3.8) is 0 Å². The number of hydrogen-bond donors (Lipinski definition) is 1. The minimum atomic E-state index is -0.907. The van der Waals surface area contributed by atoms with Crippen LogP contribution in [0.4, 0.5) is 0 Å². The van der Waals surface area contributed by atoms with Crippen LogP contribution in [-0.2, 0) is 13.2 Å². The van der Waals surface area contributed by atoms with Crippen LogP contribution in [0.1, 0.15) is 54.1 Å². The summed E-state index contributed by atoms with van der Waals surface area (Å²) in [6.07, 6.45) is 0. The van der Waals surface area contributed by atoms with E-state index in [0.717, 1.165) is 44.9 Å². The first-order valence-electron chi connectivity index (χ1n) is 12.2. The quantitative estimate of drug-likeness (QED) is 0.235. The number of hydrogen-bond acceptors (Lipinski definition) is 4. The van der Waals surface area contributed by atoms with E-state index in [0.29, 0.717) is 24.3 Å². The average molecular weight is 531 g/mol. The molecule has 0 aliphatic heterocycles. The lowest BCUT2D eigenvalue weighted by molar-refractivity contribution is 0.0695. The molecule has 0 spiro atoms. The van der Waals surface area contributed by atoms with Crippen LogP contribution in [-0.4, -0.2) is 16.3 Å². The van der Waals surface area contributed by atoms with Gasteiger partial charge in [-0.3, -0.25) is 4.79 Å². The molecule has 0 saturated carbocycles. The summed E-state index contributed by atoms with van der Waals surface area (Å²) in [5.74, 6) is 0.601. The topological polar surface area (TPSA) is 72.8 Å². The summed E-state index contributed by atoms with van der Waals surface area (Å²) in [4.78, 5) is 22.3. The van der Waals surface area contributed by atoms with E-state index in [9.17, 15) is 9.59 Å². The summed E-state index contributed by atoms with van der Waals surface area (Å²) >= 11 is 5.53. The van der Waals surface area contributed by atoms with E-state index in [1.54, 1.807) is 31.2 Å². The highest BCUT2D eigenvalue weighted by molar-refractivity contribution is 6.67. The highest BCUT2D eigenvalue weighted by Crippen LogP contribution is 2.26. The predicted molar refractivity (Wildman–Crippen MR) is 151 cm³/mol. The van der Waals surface area contributed by atoms with Gasteiger partial charge in [-0.25, -0.2) is 4.79 Å². The molecule has 4 aromatic carbocycles. The fourth-order valence-corrected chi connectivity index (χ4v) is 4.02. The number of carbonyl (C=O) groups is 2. The lowest BCUT2D eigenvalue weighted by atomic mass is 10.0. The van der Waals surface area contributed by atoms with Gasteiger partial charge in [0.2, 0.25) is 0 Å². The van der Waals surface area contributed by atoms with Gasteiger partial charge in [0, 0.05) is 5.56 Å². The molecule has 0 heterocycles. The van der Waals surface area contributed by atoms with Crippen LogP contribution in [0.15, 0.2) is 84.9 Å². The lowest BCUT2D eigenvalue weighted by Crippen LogP contribution is -2.04. The van der Waals surface area contributed by atoms with Crippen molar-refractivity contribution >= 4 is 22.8 Å². The zero-order valence-electron chi connectivity index (χ0n) is 22.0. The number of benzene rings is 4. The molecule has 0 amide bonds. The maximum atomic E-state index is 11.2. The standard InChI is InChI=1S/C16H15ClO2.C16H16O3/c2*1-11-12(2)15(9-8-14(11)16(17)18)19-10-13-6-4-3-5-7-13/h3-9H,10H2,1-2H3;3-9H,10H2,1-2H3,(H,17,18). The Kier molecular flexibility index (Phi) is 10.1. The van der Waals surface area contributed by atoms with Gasteiger partial charge in [-0.2, -0.15) is 0 Å². The van der Waals surface area contributed by atoms with Crippen molar-refractivity contribution in [1.29, 1.82) is 0 Å². The third-order valence-electron chi connectivity index (χ3n) is 6.39. The van der Waals surface area contributed by atoms with Crippen molar-refractivity contribution in [1.82, 2.24) is 0 Å². The molecule has 4 aromatic rings. The van der Waals surface area contributed by atoms with Crippen LogP contribution in [0.5, 0.6) is 11.5 Å². The van der Waals surface area contributed by atoms with Crippen molar-refractivity contribution in [2.24, 2.45) is 0 Å². The minimum absolute atomic E-state index is 0.324. The predicted octanol–water partition coefficient (Wildman–Crippen LogP) is 7.84. The van der Waals surface area contributed by atoms with Crippen molar-refractivity contribution in [2.75, 3.05) is 0 Å². The molecule has 0 saturated heterocycles. The highest BCUT2D eigenvalue weighted by Gasteiger charge is 2.13. The molecule has 4 rings (SSSR count). The van der Waals surface area contributed by atoms with Gasteiger partial charge in [0.15, 0.2) is 0 Å². The molecule has 196 valence electrons. The Balaban J connectivity index is 0.000000211. The Morgan fingerprint density at radius 3 is 1.39 bits per heavy atom. The molecule has 0 aromatic heterocycles. The average Bonchev–Trinajstić information content (AvgIpc) is 2.91. The van der Waals surface area contributed by atoms with Crippen LogP contribution >= 0.6 is 11.6 Å². The number of ether oxygens (including phenoxy) is 2. The van der Waals surface area contributed by atoms with E-state index in [4.69, 9.17) is 26.2 Å². The van der Waals surface area contributed by atoms with Gasteiger partial charge in [0.05, 0.1) is 5.56 Å². The fraction of sp³-hybridized carbons (Fsp3) is 0.188. The van der Waals surface area contributed by atoms with E-state index in [2.05, 4.69) is 0 Å². The third kappa shape index (κ3) is 7.46. The maximum Gasteiger partial charge on any atom is 0.335 e. The van der Waals surface area contributed by atoms with Crippen molar-refractivity contribution in [2.45, 2.75) is 40.9 Å². The molecule has 1 N–H and O–H groups in total. The van der Waals surface area contributed by atoms with E-state index >= 15 is 0 Å². The van der Waals surface area contributed by atoms with Crippen LogP contribution in [0, 0.1) is 27.7 Å². The SMILES string of the molecule is Cc1c(OCc2ccccc2)ccc(C(=O)Cl)c1C.Cc1c(OCc2ccccc2)ccc(C(=O)O)c1C. The Morgan fingerprint density at radius 1 is 0.605 bits per heavy atom. The smallest absolute Gasteiger partial charge is 0.335 e. The van der Waals surface area contributed by atoms with Crippen LogP contribution < -0.4 is 9.47 Å². The van der Waals surface area contributed by atoms with Gasteiger partial charge < -0.3 is 14.6 Å². The molecule has 0 fully saturated rings. The Bertz CT molecular complexity index is 1290. The largest absolute Gasteiger partial charge is 0.489 e. The van der Waals surface area contributed by atoms with E-state index < -0.39 is 11.2 Å². The zero-order chi connectivity index (χ0) is 27.7. The normalized spacial score (nSPS) is 10.2. The molecule has 0 atom stereocenters. The number of carboxylic acid groups (broad SMARTS) is 1. The van der Waals surface area contributed by atoms with E-state index in [-0.39, 0.29) is 0 Å². The summed E-state index contributed by atoms with van der Waals surface area (Å²) in [6.45, 7) is 8.47. The molecular formula is C32H31ClO5. The summed E-state index contributed by atoms with van der Waals surface area (Å²) in [7, 11) is 0. The van der Waals surface area contributed by atoms with Crippen LogP contribution in [0.3, 0.4) is 0 Å². The Hall–Kier alpha value is -4.09. The summed E-state index contributed by atoms with van der Waals surface area (Å²) < 4.78 is 11.5. The fourth-order valence-electron chi connectivity index (χ4n) is 3.82. The van der Waals surface area contributed by atoms with Gasteiger partial charge in [-0.1, -0.05) is 60.7 Å².